The molecule has 0 bridgehead atoms. The first-order chi connectivity index (χ1) is 10.3. The molecule has 1 aromatic heterocycles. The average Bonchev–Trinajstić information content (AvgIpc) is 2.97. The molecule has 0 radical (unpaired) electrons. The predicted octanol–water partition coefficient (Wildman–Crippen LogP) is 2.48. The first-order valence-corrected chi connectivity index (χ1v) is 7.29. The van der Waals surface area contributed by atoms with Crippen LogP contribution in [0.2, 0.25) is 0 Å². The Kier molecular flexibility index (Phi) is 3.90. The lowest BCUT2D eigenvalue weighted by Gasteiger charge is -2.23. The Hall–Kier alpha value is -2.30. The molecule has 0 aliphatic carbocycles. The van der Waals surface area contributed by atoms with Gasteiger partial charge in [0.1, 0.15) is 5.75 Å². The number of anilines is 1. The van der Waals surface area contributed by atoms with E-state index in [1.165, 1.54) is 0 Å². The first-order valence-electron chi connectivity index (χ1n) is 7.29. The summed E-state index contributed by atoms with van der Waals surface area (Å²) in [6.07, 6.45) is 5.28. The summed E-state index contributed by atoms with van der Waals surface area (Å²) in [6, 6.07) is 7.48. The maximum Gasteiger partial charge on any atom is 0.227 e. The number of aromatic nitrogens is 2. The molecule has 0 fully saturated rings. The van der Waals surface area contributed by atoms with E-state index in [4.69, 9.17) is 4.74 Å². The van der Waals surface area contributed by atoms with E-state index >= 15 is 0 Å². The van der Waals surface area contributed by atoms with Crippen molar-refractivity contribution < 1.29 is 9.53 Å². The molecule has 0 spiro atoms. The van der Waals surface area contributed by atoms with Gasteiger partial charge in [-0.3, -0.25) is 4.79 Å². The second-order valence-corrected chi connectivity index (χ2v) is 5.21. The Morgan fingerprint density at radius 1 is 1.43 bits per heavy atom. The van der Waals surface area contributed by atoms with E-state index in [0.29, 0.717) is 6.61 Å². The fourth-order valence-electron chi connectivity index (χ4n) is 2.64. The van der Waals surface area contributed by atoms with Crippen LogP contribution in [0.4, 0.5) is 5.69 Å². The van der Waals surface area contributed by atoms with Crippen LogP contribution in [0.15, 0.2) is 36.8 Å². The number of amides is 1. The standard InChI is InChI=1S/C16H19N3O2/c1-2-21-15-5-3-13(4-6-15)18-16(20)12-7-8-19-11-17-10-14(19)9-12/h3-6,10-12H,2,7-9H2,1H3,(H,18,20). The molecule has 1 aliphatic rings. The number of carbonyl (C=O) groups is 1. The van der Waals surface area contributed by atoms with Gasteiger partial charge in [0, 0.05) is 36.5 Å². The van der Waals surface area contributed by atoms with Gasteiger partial charge in [-0.15, -0.1) is 0 Å². The van der Waals surface area contributed by atoms with Gasteiger partial charge in [-0.1, -0.05) is 0 Å². The van der Waals surface area contributed by atoms with Gasteiger partial charge in [0.2, 0.25) is 5.91 Å². The maximum absolute atomic E-state index is 12.3. The lowest BCUT2D eigenvalue weighted by molar-refractivity contribution is -0.120. The second kappa shape index (κ2) is 5.99. The topological polar surface area (TPSA) is 56.1 Å². The molecule has 21 heavy (non-hydrogen) atoms. The highest BCUT2D eigenvalue weighted by molar-refractivity contribution is 5.92. The molecule has 1 atom stereocenters. The largest absolute Gasteiger partial charge is 0.494 e. The van der Waals surface area contributed by atoms with Gasteiger partial charge in [-0.05, 0) is 37.6 Å². The van der Waals surface area contributed by atoms with Crippen LogP contribution >= 0.6 is 0 Å². The molecule has 1 unspecified atom stereocenters. The predicted molar refractivity (Wildman–Crippen MR) is 80.3 cm³/mol. The number of carbonyl (C=O) groups excluding carboxylic acids is 1. The maximum atomic E-state index is 12.3. The normalized spacial score (nSPS) is 17.1. The quantitative estimate of drug-likeness (QED) is 0.939. The van der Waals surface area contributed by atoms with E-state index in [2.05, 4.69) is 14.9 Å². The van der Waals surface area contributed by atoms with Gasteiger partial charge in [-0.2, -0.15) is 0 Å². The van der Waals surface area contributed by atoms with Crippen molar-refractivity contribution in [2.45, 2.75) is 26.3 Å². The summed E-state index contributed by atoms with van der Waals surface area (Å²) < 4.78 is 7.50. The Morgan fingerprint density at radius 2 is 2.24 bits per heavy atom. The highest BCUT2D eigenvalue weighted by Gasteiger charge is 2.24. The number of aryl methyl sites for hydroxylation is 1. The van der Waals surface area contributed by atoms with Gasteiger partial charge in [0.05, 0.1) is 12.9 Å². The Morgan fingerprint density at radius 3 is 3.00 bits per heavy atom. The van der Waals surface area contributed by atoms with E-state index in [9.17, 15) is 4.79 Å². The zero-order valence-corrected chi connectivity index (χ0v) is 12.1. The van der Waals surface area contributed by atoms with E-state index in [-0.39, 0.29) is 11.8 Å². The van der Waals surface area contributed by atoms with Gasteiger partial charge >= 0.3 is 0 Å². The molecule has 1 aromatic carbocycles. The number of hydrogen-bond acceptors (Lipinski definition) is 3. The summed E-state index contributed by atoms with van der Waals surface area (Å²) >= 11 is 0. The molecular formula is C16H19N3O2. The molecule has 2 heterocycles. The van der Waals surface area contributed by atoms with Crippen molar-refractivity contribution in [1.82, 2.24) is 9.55 Å². The van der Waals surface area contributed by atoms with Crippen molar-refractivity contribution in [3.8, 4) is 5.75 Å². The summed E-state index contributed by atoms with van der Waals surface area (Å²) in [5.41, 5.74) is 1.94. The van der Waals surface area contributed by atoms with E-state index in [1.54, 1.807) is 0 Å². The molecule has 0 saturated carbocycles. The van der Waals surface area contributed by atoms with Crippen LogP contribution in [0.25, 0.3) is 0 Å². The molecule has 3 rings (SSSR count). The SMILES string of the molecule is CCOc1ccc(NC(=O)C2CCn3cncc3C2)cc1. The minimum absolute atomic E-state index is 0.0146. The Bertz CT molecular complexity index is 619. The molecule has 2 aromatic rings. The number of ether oxygens (including phenoxy) is 1. The Balaban J connectivity index is 1.61. The number of rotatable bonds is 4. The summed E-state index contributed by atoms with van der Waals surface area (Å²) in [6.45, 7) is 3.45. The van der Waals surface area contributed by atoms with E-state index in [0.717, 1.165) is 36.5 Å². The third-order valence-electron chi connectivity index (χ3n) is 3.78. The van der Waals surface area contributed by atoms with Gasteiger partial charge in [0.25, 0.3) is 0 Å². The van der Waals surface area contributed by atoms with Gasteiger partial charge in [-0.25, -0.2) is 4.98 Å². The fraction of sp³-hybridized carbons (Fsp3) is 0.375. The van der Waals surface area contributed by atoms with Crippen LogP contribution in [0.5, 0.6) is 5.75 Å². The smallest absolute Gasteiger partial charge is 0.227 e. The second-order valence-electron chi connectivity index (χ2n) is 5.21. The van der Waals surface area contributed by atoms with Gasteiger partial charge < -0.3 is 14.6 Å². The lowest BCUT2D eigenvalue weighted by atomic mass is 9.95. The van der Waals surface area contributed by atoms with Crippen LogP contribution in [-0.4, -0.2) is 22.1 Å². The van der Waals surface area contributed by atoms with Crippen LogP contribution in [-0.2, 0) is 17.8 Å². The number of nitrogens with zero attached hydrogens (tertiary/aromatic N) is 2. The van der Waals surface area contributed by atoms with E-state index in [1.807, 2.05) is 43.7 Å². The molecule has 0 saturated heterocycles. The van der Waals surface area contributed by atoms with Crippen LogP contribution in [0.3, 0.4) is 0 Å². The van der Waals surface area contributed by atoms with Crippen molar-refractivity contribution in [2.24, 2.45) is 5.92 Å². The number of fused-ring (bicyclic) bond motifs is 1. The van der Waals surface area contributed by atoms with Crippen molar-refractivity contribution in [3.63, 3.8) is 0 Å². The third-order valence-corrected chi connectivity index (χ3v) is 3.78. The number of imidazole rings is 1. The third kappa shape index (κ3) is 3.07. The summed E-state index contributed by atoms with van der Waals surface area (Å²) in [4.78, 5) is 16.5. The molecule has 5 heteroatoms. The van der Waals surface area contributed by atoms with Crippen LogP contribution in [0.1, 0.15) is 19.0 Å². The molecule has 5 nitrogen and oxygen atoms in total. The fourth-order valence-corrected chi connectivity index (χ4v) is 2.64. The highest BCUT2D eigenvalue weighted by atomic mass is 16.5. The van der Waals surface area contributed by atoms with Crippen molar-refractivity contribution in [1.29, 1.82) is 0 Å². The zero-order valence-electron chi connectivity index (χ0n) is 12.1. The average molecular weight is 285 g/mol. The molecule has 1 amide bonds. The van der Waals surface area contributed by atoms with Crippen LogP contribution < -0.4 is 10.1 Å². The molecule has 1 aliphatic heterocycles. The zero-order chi connectivity index (χ0) is 14.7. The Labute approximate surface area is 124 Å². The molecule has 1 N–H and O–H groups in total. The summed E-state index contributed by atoms with van der Waals surface area (Å²) in [5.74, 6) is 0.907. The van der Waals surface area contributed by atoms with Crippen LogP contribution in [0, 0.1) is 5.92 Å². The molecule has 110 valence electrons. The number of hydrogen-bond donors (Lipinski definition) is 1. The minimum atomic E-state index is 0.0146. The molecular weight excluding hydrogens is 266 g/mol. The van der Waals surface area contributed by atoms with Crippen molar-refractivity contribution in [2.75, 3.05) is 11.9 Å². The highest BCUT2D eigenvalue weighted by Crippen LogP contribution is 2.22. The first kappa shape index (κ1) is 13.7. The summed E-state index contributed by atoms with van der Waals surface area (Å²) in [5, 5.41) is 2.98. The van der Waals surface area contributed by atoms with Crippen molar-refractivity contribution >= 4 is 11.6 Å². The number of benzene rings is 1. The van der Waals surface area contributed by atoms with E-state index < -0.39 is 0 Å². The summed E-state index contributed by atoms with van der Waals surface area (Å²) in [7, 11) is 0. The lowest BCUT2D eigenvalue weighted by Crippen LogP contribution is -2.29. The monoisotopic (exact) mass is 285 g/mol. The van der Waals surface area contributed by atoms with Crippen molar-refractivity contribution in [3.05, 3.63) is 42.5 Å². The number of nitrogens with one attached hydrogen (secondary N) is 1. The minimum Gasteiger partial charge on any atom is -0.494 e. The van der Waals surface area contributed by atoms with Gasteiger partial charge in [0.15, 0.2) is 0 Å².